The van der Waals surface area contributed by atoms with Crippen LogP contribution >= 0.6 is 27.5 Å². The molecule has 1 aliphatic rings. The molecular weight excluding hydrogens is 494 g/mol. The summed E-state index contributed by atoms with van der Waals surface area (Å²) in [5, 5.41) is 13.8. The van der Waals surface area contributed by atoms with Crippen molar-refractivity contribution in [2.24, 2.45) is 5.92 Å². The molecule has 162 valence electrons. The van der Waals surface area contributed by atoms with E-state index in [9.17, 15) is 24.5 Å². The molecule has 2 aromatic carbocycles. The molecule has 9 nitrogen and oxygen atoms in total. The van der Waals surface area contributed by atoms with Crippen molar-refractivity contribution in [3.63, 3.8) is 0 Å². The van der Waals surface area contributed by atoms with Crippen molar-refractivity contribution in [3.8, 4) is 0 Å². The maximum atomic E-state index is 12.3. The number of hydrogen-bond donors (Lipinski definition) is 1. The SMILES string of the molecule is Cc1cc(Br)c(Cl)cc1NC(=O)COC(=O)[C@H]1CC(=O)N(c2ccc([N+](=O)[O-])cc2)C1. The van der Waals surface area contributed by atoms with Gasteiger partial charge in [-0.3, -0.25) is 24.5 Å². The van der Waals surface area contributed by atoms with Gasteiger partial charge in [0.05, 0.1) is 15.9 Å². The number of nitrogens with one attached hydrogen (secondary N) is 1. The molecule has 1 heterocycles. The summed E-state index contributed by atoms with van der Waals surface area (Å²) >= 11 is 9.33. The number of rotatable bonds is 6. The summed E-state index contributed by atoms with van der Waals surface area (Å²) in [6, 6.07) is 8.80. The van der Waals surface area contributed by atoms with Crippen molar-refractivity contribution >= 4 is 62.4 Å². The van der Waals surface area contributed by atoms with Gasteiger partial charge in [0.15, 0.2) is 6.61 Å². The van der Waals surface area contributed by atoms with Crippen molar-refractivity contribution in [2.75, 3.05) is 23.4 Å². The molecule has 2 amide bonds. The lowest BCUT2D eigenvalue weighted by atomic mass is 10.1. The number of carbonyl (C=O) groups is 3. The van der Waals surface area contributed by atoms with E-state index in [0.717, 1.165) is 5.56 Å². The topological polar surface area (TPSA) is 119 Å². The summed E-state index contributed by atoms with van der Waals surface area (Å²) < 4.78 is 5.77. The van der Waals surface area contributed by atoms with Crippen LogP contribution in [0.1, 0.15) is 12.0 Å². The summed E-state index contributed by atoms with van der Waals surface area (Å²) in [6.07, 6.45) is -0.0706. The Bertz CT molecular complexity index is 1060. The largest absolute Gasteiger partial charge is 0.455 e. The van der Waals surface area contributed by atoms with Crippen LogP contribution < -0.4 is 10.2 Å². The molecule has 1 aliphatic heterocycles. The zero-order valence-electron chi connectivity index (χ0n) is 16.3. The van der Waals surface area contributed by atoms with Crippen LogP contribution in [0.2, 0.25) is 5.02 Å². The number of nitro groups is 1. The number of non-ortho nitro benzene ring substituents is 1. The Morgan fingerprint density at radius 3 is 2.65 bits per heavy atom. The second-order valence-electron chi connectivity index (χ2n) is 6.92. The molecule has 31 heavy (non-hydrogen) atoms. The molecule has 0 spiro atoms. The second-order valence-corrected chi connectivity index (χ2v) is 8.18. The number of carbonyl (C=O) groups excluding carboxylic acids is 3. The monoisotopic (exact) mass is 509 g/mol. The van der Waals surface area contributed by atoms with E-state index in [1.807, 2.05) is 0 Å². The number of hydrogen-bond acceptors (Lipinski definition) is 6. The first-order valence-electron chi connectivity index (χ1n) is 9.12. The van der Waals surface area contributed by atoms with Crippen LogP contribution in [-0.2, 0) is 19.1 Å². The molecule has 2 aromatic rings. The van der Waals surface area contributed by atoms with Crippen molar-refractivity contribution in [3.05, 3.63) is 61.6 Å². The molecule has 0 unspecified atom stereocenters. The lowest BCUT2D eigenvalue weighted by Crippen LogP contribution is -2.28. The van der Waals surface area contributed by atoms with E-state index in [2.05, 4.69) is 21.2 Å². The number of ether oxygens (including phenoxy) is 1. The first kappa shape index (κ1) is 22.7. The number of nitro benzene ring substituents is 1. The smallest absolute Gasteiger partial charge is 0.311 e. The summed E-state index contributed by atoms with van der Waals surface area (Å²) in [4.78, 5) is 48.3. The van der Waals surface area contributed by atoms with Gasteiger partial charge >= 0.3 is 5.97 Å². The minimum Gasteiger partial charge on any atom is -0.455 e. The predicted molar refractivity (Wildman–Crippen MR) is 117 cm³/mol. The van der Waals surface area contributed by atoms with Crippen molar-refractivity contribution in [2.45, 2.75) is 13.3 Å². The highest BCUT2D eigenvalue weighted by Gasteiger charge is 2.36. The van der Waals surface area contributed by atoms with Gasteiger partial charge in [0.2, 0.25) is 5.91 Å². The number of nitrogens with zero attached hydrogens (tertiary/aromatic N) is 2. The Kier molecular flexibility index (Phi) is 6.91. The molecule has 3 rings (SSSR count). The molecule has 11 heteroatoms. The summed E-state index contributed by atoms with van der Waals surface area (Å²) in [6.45, 7) is 1.35. The van der Waals surface area contributed by atoms with E-state index < -0.39 is 29.3 Å². The fourth-order valence-corrected chi connectivity index (χ4v) is 3.71. The Hall–Kier alpha value is -2.98. The molecule has 0 aliphatic carbocycles. The maximum Gasteiger partial charge on any atom is 0.311 e. The first-order chi connectivity index (χ1) is 14.7. The van der Waals surface area contributed by atoms with Crippen LogP contribution in [0.15, 0.2) is 40.9 Å². The summed E-state index contributed by atoms with van der Waals surface area (Å²) in [5.41, 5.74) is 1.62. The average molecular weight is 511 g/mol. The number of aryl methyl sites for hydroxylation is 1. The minimum atomic E-state index is -0.737. The lowest BCUT2D eigenvalue weighted by Gasteiger charge is -2.16. The van der Waals surface area contributed by atoms with Gasteiger partial charge in [-0.2, -0.15) is 0 Å². The molecule has 0 aromatic heterocycles. The average Bonchev–Trinajstić information content (AvgIpc) is 3.12. The van der Waals surface area contributed by atoms with Crippen LogP contribution in [0.4, 0.5) is 17.1 Å². The van der Waals surface area contributed by atoms with Gasteiger partial charge in [-0.25, -0.2) is 0 Å². The van der Waals surface area contributed by atoms with Gasteiger partial charge in [0.1, 0.15) is 0 Å². The third kappa shape index (κ3) is 5.39. The Morgan fingerprint density at radius 2 is 2.00 bits per heavy atom. The van der Waals surface area contributed by atoms with Crippen molar-refractivity contribution in [1.29, 1.82) is 0 Å². The van der Waals surface area contributed by atoms with Gasteiger partial charge in [-0.05, 0) is 52.7 Å². The highest BCUT2D eigenvalue weighted by molar-refractivity contribution is 9.10. The molecule has 1 saturated heterocycles. The van der Waals surface area contributed by atoms with Gasteiger partial charge < -0.3 is 15.0 Å². The number of benzene rings is 2. The van der Waals surface area contributed by atoms with Crippen LogP contribution in [-0.4, -0.2) is 35.9 Å². The highest BCUT2D eigenvalue weighted by atomic mass is 79.9. The van der Waals surface area contributed by atoms with Crippen LogP contribution in [0.5, 0.6) is 0 Å². The summed E-state index contributed by atoms with van der Waals surface area (Å²) in [5.74, 6) is -2.25. The zero-order valence-corrected chi connectivity index (χ0v) is 18.6. The molecule has 0 saturated carbocycles. The van der Waals surface area contributed by atoms with Crippen LogP contribution in [0, 0.1) is 23.0 Å². The number of esters is 1. The fraction of sp³-hybridized carbons (Fsp3) is 0.250. The summed E-state index contributed by atoms with van der Waals surface area (Å²) in [7, 11) is 0. The van der Waals surface area contributed by atoms with Crippen molar-refractivity contribution < 1.29 is 24.0 Å². The van der Waals surface area contributed by atoms with E-state index in [4.69, 9.17) is 16.3 Å². The normalized spacial score (nSPS) is 15.6. The van der Waals surface area contributed by atoms with E-state index in [1.165, 1.54) is 29.2 Å². The third-order valence-electron chi connectivity index (χ3n) is 4.72. The molecular formula is C20H17BrClN3O6. The zero-order chi connectivity index (χ0) is 22.7. The Morgan fingerprint density at radius 1 is 1.32 bits per heavy atom. The standard InChI is InChI=1S/C20H17BrClN3O6/c1-11-6-15(21)16(22)8-17(11)23-18(26)10-31-20(28)12-7-19(27)24(9-12)13-2-4-14(5-3-13)25(29)30/h2-6,8,12H,7,9-10H2,1H3,(H,23,26)/t12-/m0/s1. The van der Waals surface area contributed by atoms with Gasteiger partial charge in [-0.1, -0.05) is 11.6 Å². The number of anilines is 2. The Balaban J connectivity index is 1.55. The van der Waals surface area contributed by atoms with Crippen LogP contribution in [0.3, 0.4) is 0 Å². The van der Waals surface area contributed by atoms with E-state index in [1.54, 1.807) is 19.1 Å². The molecule has 1 atom stereocenters. The Labute approximate surface area is 190 Å². The molecule has 0 bridgehead atoms. The molecule has 1 fully saturated rings. The maximum absolute atomic E-state index is 12.3. The highest BCUT2D eigenvalue weighted by Crippen LogP contribution is 2.29. The molecule has 0 radical (unpaired) electrons. The van der Waals surface area contributed by atoms with Gasteiger partial charge in [-0.15, -0.1) is 0 Å². The first-order valence-corrected chi connectivity index (χ1v) is 10.3. The van der Waals surface area contributed by atoms with Gasteiger partial charge in [0.25, 0.3) is 11.6 Å². The van der Waals surface area contributed by atoms with Crippen molar-refractivity contribution in [1.82, 2.24) is 0 Å². The van der Waals surface area contributed by atoms with E-state index in [0.29, 0.717) is 20.9 Å². The van der Waals surface area contributed by atoms with Gasteiger partial charge in [0, 0.05) is 40.9 Å². The lowest BCUT2D eigenvalue weighted by molar-refractivity contribution is -0.384. The number of amides is 2. The fourth-order valence-electron chi connectivity index (χ4n) is 3.09. The number of halogens is 2. The third-order valence-corrected chi connectivity index (χ3v) is 5.91. The minimum absolute atomic E-state index is 0.0680. The van der Waals surface area contributed by atoms with E-state index in [-0.39, 0.29) is 24.6 Å². The predicted octanol–water partition coefficient (Wildman–Crippen LogP) is 3.85. The molecule has 1 N–H and O–H groups in total. The van der Waals surface area contributed by atoms with Crippen LogP contribution in [0.25, 0.3) is 0 Å². The second kappa shape index (κ2) is 9.44. The van der Waals surface area contributed by atoms with E-state index >= 15 is 0 Å². The quantitative estimate of drug-likeness (QED) is 0.358.